The molecule has 0 aromatic carbocycles. The fourth-order valence-corrected chi connectivity index (χ4v) is 1.46. The highest BCUT2D eigenvalue weighted by molar-refractivity contribution is 4.99. The number of hydrogen-bond acceptors (Lipinski definition) is 2. The monoisotopic (exact) mass is 181 g/mol. The summed E-state index contributed by atoms with van der Waals surface area (Å²) in [6, 6.07) is 2.24. The van der Waals surface area contributed by atoms with Crippen LogP contribution in [-0.2, 0) is 4.74 Å². The van der Waals surface area contributed by atoms with Gasteiger partial charge in [0.1, 0.15) is 0 Å². The zero-order valence-corrected chi connectivity index (χ0v) is 8.51. The van der Waals surface area contributed by atoms with Crippen LogP contribution in [0.1, 0.15) is 45.4 Å². The Hall–Kier alpha value is -0.550. The minimum absolute atomic E-state index is 0.265. The second-order valence-corrected chi connectivity index (χ2v) is 4.09. The van der Waals surface area contributed by atoms with Crippen molar-refractivity contribution in [2.24, 2.45) is 5.41 Å². The van der Waals surface area contributed by atoms with Crippen molar-refractivity contribution in [1.29, 1.82) is 5.26 Å². The van der Waals surface area contributed by atoms with Crippen LogP contribution < -0.4 is 0 Å². The Labute approximate surface area is 80.9 Å². The summed E-state index contributed by atoms with van der Waals surface area (Å²) in [4.78, 5) is 0. The van der Waals surface area contributed by atoms with Crippen LogP contribution in [0, 0.1) is 16.7 Å². The molecule has 0 radical (unpaired) electrons. The van der Waals surface area contributed by atoms with E-state index in [0.29, 0.717) is 6.42 Å². The number of hydrogen-bond donors (Lipinski definition) is 0. The summed E-state index contributed by atoms with van der Waals surface area (Å²) in [6.07, 6.45) is 6.72. The van der Waals surface area contributed by atoms with Gasteiger partial charge in [-0.2, -0.15) is 5.26 Å². The van der Waals surface area contributed by atoms with Gasteiger partial charge >= 0.3 is 0 Å². The molecule has 0 spiro atoms. The predicted octanol–water partition coefficient (Wildman–Crippen LogP) is 2.89. The maximum atomic E-state index is 8.58. The lowest BCUT2D eigenvalue weighted by molar-refractivity contribution is 0.0888. The zero-order chi connectivity index (χ0) is 9.57. The molecule has 0 N–H and O–H groups in total. The Kier molecular flexibility index (Phi) is 4.24. The molecule has 0 aliphatic heterocycles. The van der Waals surface area contributed by atoms with Gasteiger partial charge in [-0.25, -0.2) is 0 Å². The van der Waals surface area contributed by atoms with E-state index in [4.69, 9.17) is 10.00 Å². The third kappa shape index (κ3) is 3.78. The van der Waals surface area contributed by atoms with Crippen LogP contribution >= 0.6 is 0 Å². The fraction of sp³-hybridized carbons (Fsp3) is 0.909. The molecule has 2 nitrogen and oxygen atoms in total. The molecular weight excluding hydrogens is 162 g/mol. The molecule has 1 fully saturated rings. The lowest BCUT2D eigenvalue weighted by Crippen LogP contribution is -2.10. The topological polar surface area (TPSA) is 33.0 Å². The maximum absolute atomic E-state index is 8.58. The minimum atomic E-state index is 0.265. The van der Waals surface area contributed by atoms with Gasteiger partial charge in [0.15, 0.2) is 0 Å². The van der Waals surface area contributed by atoms with Crippen molar-refractivity contribution in [2.75, 3.05) is 13.2 Å². The average Bonchev–Trinajstić information content (AvgIpc) is 2.86. The van der Waals surface area contributed by atoms with Crippen molar-refractivity contribution >= 4 is 0 Å². The highest BCUT2D eigenvalue weighted by atomic mass is 16.5. The summed E-state index contributed by atoms with van der Waals surface area (Å²) < 4.78 is 5.56. The third-order valence-corrected chi connectivity index (χ3v) is 2.71. The molecule has 1 aliphatic carbocycles. The first kappa shape index (κ1) is 10.5. The molecule has 0 aromatic heterocycles. The van der Waals surface area contributed by atoms with Crippen molar-refractivity contribution < 1.29 is 4.74 Å². The highest BCUT2D eigenvalue weighted by Gasteiger charge is 2.42. The predicted molar refractivity (Wildman–Crippen MR) is 52.2 cm³/mol. The van der Waals surface area contributed by atoms with Crippen LogP contribution in [0.4, 0.5) is 0 Å². The van der Waals surface area contributed by atoms with E-state index in [1.165, 1.54) is 32.1 Å². The molecule has 0 atom stereocenters. The maximum Gasteiger partial charge on any atom is 0.0628 e. The Balaban J connectivity index is 1.97. The molecule has 0 heterocycles. The molecule has 2 heteroatoms. The lowest BCUT2D eigenvalue weighted by Gasteiger charge is -2.10. The van der Waals surface area contributed by atoms with E-state index in [-0.39, 0.29) is 5.41 Å². The number of unbranched alkanes of at least 4 members (excludes halogenated alkanes) is 2. The van der Waals surface area contributed by atoms with Crippen LogP contribution in [0.5, 0.6) is 0 Å². The van der Waals surface area contributed by atoms with Gasteiger partial charge in [0, 0.05) is 18.4 Å². The molecule has 0 aromatic rings. The first-order valence-corrected chi connectivity index (χ1v) is 5.28. The Bertz CT molecular complexity index is 179. The van der Waals surface area contributed by atoms with Gasteiger partial charge < -0.3 is 4.74 Å². The van der Waals surface area contributed by atoms with E-state index >= 15 is 0 Å². The lowest BCUT2D eigenvalue weighted by atomic mass is 10.1. The summed E-state index contributed by atoms with van der Waals surface area (Å²) in [5.74, 6) is 0. The molecule has 13 heavy (non-hydrogen) atoms. The second-order valence-electron chi connectivity index (χ2n) is 4.09. The van der Waals surface area contributed by atoms with Gasteiger partial charge in [0.25, 0.3) is 0 Å². The Morgan fingerprint density at radius 1 is 1.38 bits per heavy atom. The first-order valence-electron chi connectivity index (χ1n) is 5.28. The smallest absolute Gasteiger partial charge is 0.0628 e. The first-order chi connectivity index (χ1) is 6.33. The Morgan fingerprint density at radius 2 is 2.15 bits per heavy atom. The number of rotatable bonds is 7. The van der Waals surface area contributed by atoms with Gasteiger partial charge in [-0.15, -0.1) is 0 Å². The van der Waals surface area contributed by atoms with Crippen LogP contribution in [-0.4, -0.2) is 13.2 Å². The quantitative estimate of drug-likeness (QED) is 0.566. The summed E-state index contributed by atoms with van der Waals surface area (Å²) in [5, 5.41) is 8.58. The van der Waals surface area contributed by atoms with E-state index < -0.39 is 0 Å². The molecule has 0 amide bonds. The van der Waals surface area contributed by atoms with Crippen LogP contribution in [0.25, 0.3) is 0 Å². The average molecular weight is 181 g/mol. The van der Waals surface area contributed by atoms with Gasteiger partial charge in [0.2, 0.25) is 0 Å². The van der Waals surface area contributed by atoms with Crippen LogP contribution in [0.3, 0.4) is 0 Å². The van der Waals surface area contributed by atoms with Gasteiger partial charge in [-0.05, 0) is 19.3 Å². The SMILES string of the molecule is CCCCCOCC1(CC#N)CC1. The number of ether oxygens (including phenoxy) is 1. The molecular formula is C11H19NO. The zero-order valence-electron chi connectivity index (χ0n) is 8.51. The molecule has 0 saturated heterocycles. The van der Waals surface area contributed by atoms with Gasteiger partial charge in [0.05, 0.1) is 12.7 Å². The molecule has 0 unspecified atom stereocenters. The van der Waals surface area contributed by atoms with Crippen LogP contribution in [0.2, 0.25) is 0 Å². The van der Waals surface area contributed by atoms with Crippen molar-refractivity contribution in [3.05, 3.63) is 0 Å². The molecule has 1 rings (SSSR count). The van der Waals surface area contributed by atoms with Crippen molar-refractivity contribution in [1.82, 2.24) is 0 Å². The van der Waals surface area contributed by atoms with E-state index in [1.54, 1.807) is 0 Å². The van der Waals surface area contributed by atoms with E-state index in [0.717, 1.165) is 13.2 Å². The van der Waals surface area contributed by atoms with E-state index in [1.807, 2.05) is 0 Å². The van der Waals surface area contributed by atoms with Crippen molar-refractivity contribution in [2.45, 2.75) is 45.4 Å². The molecule has 1 aliphatic rings. The molecule has 1 saturated carbocycles. The molecule has 74 valence electrons. The minimum Gasteiger partial charge on any atom is -0.381 e. The standard InChI is InChI=1S/C11H19NO/c1-2-3-4-9-13-10-11(5-6-11)7-8-12/h2-7,9-10H2,1H3. The second kappa shape index (κ2) is 5.24. The fourth-order valence-electron chi connectivity index (χ4n) is 1.46. The Morgan fingerprint density at radius 3 is 2.69 bits per heavy atom. The normalized spacial score (nSPS) is 18.2. The van der Waals surface area contributed by atoms with Crippen molar-refractivity contribution in [3.8, 4) is 6.07 Å². The summed E-state index contributed by atoms with van der Waals surface area (Å²) in [6.45, 7) is 3.88. The van der Waals surface area contributed by atoms with E-state index in [2.05, 4.69) is 13.0 Å². The van der Waals surface area contributed by atoms with Crippen LogP contribution in [0.15, 0.2) is 0 Å². The third-order valence-electron chi connectivity index (χ3n) is 2.71. The van der Waals surface area contributed by atoms with Gasteiger partial charge in [-0.3, -0.25) is 0 Å². The van der Waals surface area contributed by atoms with Gasteiger partial charge in [-0.1, -0.05) is 19.8 Å². The largest absolute Gasteiger partial charge is 0.381 e. The number of nitriles is 1. The summed E-state index contributed by atoms with van der Waals surface area (Å²) in [5.41, 5.74) is 0.265. The number of nitrogens with zero attached hydrogens (tertiary/aromatic N) is 1. The molecule has 0 bridgehead atoms. The summed E-state index contributed by atoms with van der Waals surface area (Å²) in [7, 11) is 0. The van der Waals surface area contributed by atoms with Crippen molar-refractivity contribution in [3.63, 3.8) is 0 Å². The highest BCUT2D eigenvalue weighted by Crippen LogP contribution is 2.48. The van der Waals surface area contributed by atoms with E-state index in [9.17, 15) is 0 Å². The summed E-state index contributed by atoms with van der Waals surface area (Å²) >= 11 is 0.